The maximum absolute atomic E-state index is 12.4. The highest BCUT2D eigenvalue weighted by molar-refractivity contribution is 5.93. The van der Waals surface area contributed by atoms with Crippen LogP contribution >= 0.6 is 0 Å². The van der Waals surface area contributed by atoms with Crippen LogP contribution in [0, 0.1) is 5.92 Å². The van der Waals surface area contributed by atoms with Gasteiger partial charge in [0.05, 0.1) is 19.3 Å². The number of nitrogens with one attached hydrogen (secondary N) is 1. The van der Waals surface area contributed by atoms with Crippen LogP contribution in [0.3, 0.4) is 0 Å². The second-order valence-electron chi connectivity index (χ2n) is 8.35. The Morgan fingerprint density at radius 2 is 1.82 bits per heavy atom. The molecule has 0 bridgehead atoms. The zero-order valence-electron chi connectivity index (χ0n) is 17.7. The van der Waals surface area contributed by atoms with Crippen molar-refractivity contribution in [3.05, 3.63) is 29.8 Å². The Bertz CT molecular complexity index is 614. The number of aryl methyl sites for hydroxylation is 1. The summed E-state index contributed by atoms with van der Waals surface area (Å²) in [4.78, 5) is 17.1. The molecule has 1 aromatic rings. The maximum Gasteiger partial charge on any atom is 0.238 e. The van der Waals surface area contributed by atoms with Gasteiger partial charge >= 0.3 is 0 Å². The van der Waals surface area contributed by atoms with Crippen LogP contribution in [0.15, 0.2) is 24.3 Å². The van der Waals surface area contributed by atoms with Crippen molar-refractivity contribution < 1.29 is 9.53 Å². The summed E-state index contributed by atoms with van der Waals surface area (Å²) in [5, 5.41) is 3.08. The first-order valence-corrected chi connectivity index (χ1v) is 11.1. The van der Waals surface area contributed by atoms with Gasteiger partial charge in [-0.1, -0.05) is 44.9 Å². The number of piperazine rings is 1. The van der Waals surface area contributed by atoms with Crippen LogP contribution in [0.5, 0.6) is 0 Å². The monoisotopic (exact) mass is 387 g/mol. The molecule has 1 N–H and O–H groups in total. The van der Waals surface area contributed by atoms with Gasteiger partial charge in [0.2, 0.25) is 5.91 Å². The highest BCUT2D eigenvalue weighted by atomic mass is 16.5. The molecular formula is C23H37N3O2. The maximum atomic E-state index is 12.4. The molecule has 1 aromatic carbocycles. The molecule has 3 rings (SSSR count). The van der Waals surface area contributed by atoms with E-state index in [1.807, 2.05) is 18.2 Å². The summed E-state index contributed by atoms with van der Waals surface area (Å²) in [6.45, 7) is 10.7. The minimum Gasteiger partial charge on any atom is -0.377 e. The number of anilines is 1. The van der Waals surface area contributed by atoms with E-state index in [1.165, 1.54) is 31.2 Å². The second-order valence-corrected chi connectivity index (χ2v) is 8.35. The predicted molar refractivity (Wildman–Crippen MR) is 115 cm³/mol. The SMILES string of the molecule is CCc1ccccc1NC(=O)CN1CCN(CCO[C@@H]2CCCC[C@@H]2C)CC1. The number of carbonyl (C=O) groups excluding carboxylic acids is 1. The Hall–Kier alpha value is -1.43. The molecule has 2 atom stereocenters. The zero-order chi connectivity index (χ0) is 19.8. The van der Waals surface area contributed by atoms with E-state index in [4.69, 9.17) is 4.74 Å². The first-order chi connectivity index (χ1) is 13.7. The normalized spacial score (nSPS) is 24.2. The van der Waals surface area contributed by atoms with Crippen molar-refractivity contribution >= 4 is 11.6 Å². The highest BCUT2D eigenvalue weighted by Gasteiger charge is 2.23. The quantitative estimate of drug-likeness (QED) is 0.743. The Labute approximate surface area is 170 Å². The molecule has 2 aliphatic rings. The number of hydrogen-bond donors (Lipinski definition) is 1. The fraction of sp³-hybridized carbons (Fsp3) is 0.696. The van der Waals surface area contributed by atoms with Gasteiger partial charge in [-0.2, -0.15) is 0 Å². The number of rotatable bonds is 8. The van der Waals surface area contributed by atoms with E-state index in [1.54, 1.807) is 0 Å². The van der Waals surface area contributed by atoms with E-state index in [2.05, 4.69) is 35.0 Å². The molecular weight excluding hydrogens is 350 g/mol. The molecule has 1 saturated carbocycles. The van der Waals surface area contributed by atoms with Crippen molar-refractivity contribution in [1.82, 2.24) is 9.80 Å². The Morgan fingerprint density at radius 1 is 1.11 bits per heavy atom. The summed E-state index contributed by atoms with van der Waals surface area (Å²) in [6, 6.07) is 8.06. The Balaban J connectivity index is 1.33. The van der Waals surface area contributed by atoms with E-state index in [0.717, 1.165) is 51.4 Å². The van der Waals surface area contributed by atoms with Gasteiger partial charge in [-0.15, -0.1) is 0 Å². The highest BCUT2D eigenvalue weighted by Crippen LogP contribution is 2.26. The van der Waals surface area contributed by atoms with Crippen LogP contribution in [0.4, 0.5) is 5.69 Å². The topological polar surface area (TPSA) is 44.8 Å². The number of para-hydroxylation sites is 1. The fourth-order valence-electron chi connectivity index (χ4n) is 4.38. The average Bonchev–Trinajstić information content (AvgIpc) is 2.71. The first kappa shape index (κ1) is 21.3. The molecule has 0 unspecified atom stereocenters. The average molecular weight is 388 g/mol. The van der Waals surface area contributed by atoms with Gasteiger partial charge in [-0.3, -0.25) is 14.6 Å². The molecule has 156 valence electrons. The van der Waals surface area contributed by atoms with Crippen LogP contribution in [0.1, 0.15) is 45.1 Å². The number of benzene rings is 1. The molecule has 5 nitrogen and oxygen atoms in total. The van der Waals surface area contributed by atoms with Crippen molar-refractivity contribution in [3.63, 3.8) is 0 Å². The van der Waals surface area contributed by atoms with Crippen molar-refractivity contribution in [1.29, 1.82) is 0 Å². The largest absolute Gasteiger partial charge is 0.377 e. The lowest BCUT2D eigenvalue weighted by molar-refractivity contribution is -0.117. The predicted octanol–water partition coefficient (Wildman–Crippen LogP) is 3.40. The number of nitrogens with zero attached hydrogens (tertiary/aromatic N) is 2. The summed E-state index contributed by atoms with van der Waals surface area (Å²) >= 11 is 0. The third-order valence-corrected chi connectivity index (χ3v) is 6.28. The van der Waals surface area contributed by atoms with Gasteiger partial charge < -0.3 is 10.1 Å². The van der Waals surface area contributed by atoms with Gasteiger partial charge in [0.15, 0.2) is 0 Å². The van der Waals surface area contributed by atoms with Crippen molar-refractivity contribution in [2.45, 2.75) is 52.1 Å². The van der Waals surface area contributed by atoms with E-state index >= 15 is 0 Å². The lowest BCUT2D eigenvalue weighted by Crippen LogP contribution is -2.49. The molecule has 1 aliphatic heterocycles. The fourth-order valence-corrected chi connectivity index (χ4v) is 4.38. The van der Waals surface area contributed by atoms with E-state index in [9.17, 15) is 4.79 Å². The second kappa shape index (κ2) is 10.9. The number of hydrogen-bond acceptors (Lipinski definition) is 4. The van der Waals surface area contributed by atoms with Gasteiger partial charge in [0.1, 0.15) is 0 Å². The van der Waals surface area contributed by atoms with E-state index in [0.29, 0.717) is 18.6 Å². The van der Waals surface area contributed by atoms with Gasteiger partial charge in [0, 0.05) is 38.4 Å². The van der Waals surface area contributed by atoms with Crippen LogP contribution in [-0.4, -0.2) is 67.7 Å². The number of carbonyl (C=O) groups is 1. The molecule has 0 spiro atoms. The van der Waals surface area contributed by atoms with Gasteiger partial charge in [0.25, 0.3) is 0 Å². The van der Waals surface area contributed by atoms with Gasteiger partial charge in [-0.05, 0) is 36.8 Å². The van der Waals surface area contributed by atoms with E-state index in [-0.39, 0.29) is 5.91 Å². The summed E-state index contributed by atoms with van der Waals surface area (Å²) in [5.41, 5.74) is 2.13. The van der Waals surface area contributed by atoms with Crippen LogP contribution in [0.25, 0.3) is 0 Å². The smallest absolute Gasteiger partial charge is 0.238 e. The Morgan fingerprint density at radius 3 is 2.57 bits per heavy atom. The standard InChI is InChI=1S/C23H37N3O2/c1-3-20-9-5-6-10-21(20)24-23(27)18-26-14-12-25(13-15-26)16-17-28-22-11-7-4-8-19(22)2/h5-6,9-10,19,22H,3-4,7-8,11-18H2,1-2H3,(H,24,27)/t19-,22+/m0/s1. The third kappa shape index (κ3) is 6.29. The third-order valence-electron chi connectivity index (χ3n) is 6.28. The first-order valence-electron chi connectivity index (χ1n) is 11.1. The molecule has 1 heterocycles. The molecule has 2 fully saturated rings. The van der Waals surface area contributed by atoms with Crippen molar-refractivity contribution in [2.75, 3.05) is 51.2 Å². The molecule has 5 heteroatoms. The van der Waals surface area contributed by atoms with Gasteiger partial charge in [-0.25, -0.2) is 0 Å². The summed E-state index contributed by atoms with van der Waals surface area (Å²) in [6.07, 6.45) is 6.61. The Kier molecular flexibility index (Phi) is 8.31. The molecule has 1 aliphatic carbocycles. The molecule has 1 amide bonds. The van der Waals surface area contributed by atoms with Crippen LogP contribution in [0.2, 0.25) is 0 Å². The lowest BCUT2D eigenvalue weighted by Gasteiger charge is -2.35. The summed E-state index contributed by atoms with van der Waals surface area (Å²) < 4.78 is 6.16. The minimum absolute atomic E-state index is 0.0870. The van der Waals surface area contributed by atoms with Crippen molar-refractivity contribution in [3.8, 4) is 0 Å². The molecule has 28 heavy (non-hydrogen) atoms. The zero-order valence-corrected chi connectivity index (χ0v) is 17.7. The van der Waals surface area contributed by atoms with Crippen molar-refractivity contribution in [2.24, 2.45) is 5.92 Å². The number of ether oxygens (including phenoxy) is 1. The molecule has 0 aromatic heterocycles. The summed E-state index contributed by atoms with van der Waals surface area (Å²) in [7, 11) is 0. The molecule has 0 radical (unpaired) electrons. The van der Waals surface area contributed by atoms with E-state index < -0.39 is 0 Å². The lowest BCUT2D eigenvalue weighted by atomic mass is 9.88. The van der Waals surface area contributed by atoms with Crippen LogP contribution in [-0.2, 0) is 16.0 Å². The summed E-state index contributed by atoms with van der Waals surface area (Å²) in [5.74, 6) is 0.797. The molecule has 1 saturated heterocycles. The number of amides is 1. The minimum atomic E-state index is 0.0870. The van der Waals surface area contributed by atoms with Crippen LogP contribution < -0.4 is 5.32 Å².